The third-order valence-corrected chi connectivity index (χ3v) is 8.81. The van der Waals surface area contributed by atoms with Crippen LogP contribution >= 0.6 is 24.0 Å². The molecule has 1 saturated heterocycles. The van der Waals surface area contributed by atoms with Crippen molar-refractivity contribution in [2.75, 3.05) is 0 Å². The van der Waals surface area contributed by atoms with Crippen LogP contribution < -0.4 is 5.32 Å². The highest BCUT2D eigenvalue weighted by atomic mass is 32.2. The maximum atomic E-state index is 12.0. The molecule has 1 unspecified atom stereocenters. The molecular formula is C27H33NOS2. The average molecular weight is 452 g/mol. The lowest BCUT2D eigenvalue weighted by Gasteiger charge is -2.43. The summed E-state index contributed by atoms with van der Waals surface area (Å²) in [4.78, 5) is 12.0. The van der Waals surface area contributed by atoms with E-state index in [2.05, 4.69) is 89.3 Å². The van der Waals surface area contributed by atoms with Gasteiger partial charge in [-0.2, -0.15) is 0 Å². The lowest BCUT2D eigenvalue weighted by molar-refractivity contribution is -0.118. The Bertz CT molecular complexity index is 1030. The molecule has 1 aliphatic carbocycles. The minimum atomic E-state index is -0.113. The van der Waals surface area contributed by atoms with Crippen LogP contribution in [0.5, 0.6) is 0 Å². The Kier molecular flexibility index (Phi) is 5.63. The maximum Gasteiger partial charge on any atom is 0.239 e. The summed E-state index contributed by atoms with van der Waals surface area (Å²) >= 11 is 6.58. The molecule has 1 atom stereocenters. The number of thioether (sulfide) groups is 1. The van der Waals surface area contributed by atoms with Gasteiger partial charge in [-0.25, -0.2) is 0 Å². The quantitative estimate of drug-likeness (QED) is 0.544. The summed E-state index contributed by atoms with van der Waals surface area (Å²) in [6.07, 6.45) is 3.17. The van der Waals surface area contributed by atoms with Gasteiger partial charge in [-0.15, -0.1) is 0 Å². The van der Waals surface area contributed by atoms with Crippen molar-refractivity contribution in [2.45, 2.75) is 82.3 Å². The zero-order chi connectivity index (χ0) is 22.6. The monoisotopic (exact) mass is 451 g/mol. The number of benzene rings is 2. The van der Waals surface area contributed by atoms with Crippen LogP contribution in [0.3, 0.4) is 0 Å². The number of thiocarbonyl (C=S) groups is 1. The van der Waals surface area contributed by atoms with Gasteiger partial charge in [0.15, 0.2) is 0 Å². The minimum Gasteiger partial charge on any atom is -0.311 e. The van der Waals surface area contributed by atoms with Gasteiger partial charge in [-0.1, -0.05) is 108 Å². The van der Waals surface area contributed by atoms with Crippen LogP contribution in [0.25, 0.3) is 0 Å². The Morgan fingerprint density at radius 3 is 2.13 bits per heavy atom. The Morgan fingerprint density at radius 2 is 1.55 bits per heavy atom. The van der Waals surface area contributed by atoms with Crippen molar-refractivity contribution in [3.63, 3.8) is 0 Å². The van der Waals surface area contributed by atoms with Crippen molar-refractivity contribution in [1.82, 2.24) is 5.32 Å². The van der Waals surface area contributed by atoms with Gasteiger partial charge < -0.3 is 5.32 Å². The topological polar surface area (TPSA) is 29.1 Å². The number of carbonyl (C=O) groups excluding carboxylic acids is 1. The van der Waals surface area contributed by atoms with Crippen LogP contribution in [0.2, 0.25) is 0 Å². The second-order valence-corrected chi connectivity index (χ2v) is 12.8. The van der Waals surface area contributed by atoms with Gasteiger partial charge in [0.1, 0.15) is 4.32 Å². The van der Waals surface area contributed by atoms with Crippen LogP contribution in [0.15, 0.2) is 42.5 Å². The molecule has 2 aromatic carbocycles. The van der Waals surface area contributed by atoms with Crippen LogP contribution in [0, 0.1) is 0 Å². The summed E-state index contributed by atoms with van der Waals surface area (Å²) in [5, 5.41) is 2.62. The van der Waals surface area contributed by atoms with Crippen molar-refractivity contribution >= 4 is 34.2 Å². The highest BCUT2D eigenvalue weighted by Crippen LogP contribution is 2.47. The molecular weight excluding hydrogens is 418 g/mol. The number of hydrogen-bond acceptors (Lipinski definition) is 3. The normalized spacial score (nSPS) is 22.2. The number of hydrogen-bond donors (Lipinski definition) is 1. The first kappa shape index (κ1) is 22.5. The third kappa shape index (κ3) is 4.21. The fourth-order valence-electron chi connectivity index (χ4n) is 4.94. The van der Waals surface area contributed by atoms with E-state index in [1.165, 1.54) is 52.4 Å². The summed E-state index contributed by atoms with van der Waals surface area (Å²) in [6, 6.07) is 15.9. The van der Waals surface area contributed by atoms with Gasteiger partial charge >= 0.3 is 0 Å². The molecule has 1 aliphatic heterocycles. The van der Waals surface area contributed by atoms with E-state index in [-0.39, 0.29) is 27.4 Å². The van der Waals surface area contributed by atoms with E-state index in [9.17, 15) is 4.79 Å². The van der Waals surface area contributed by atoms with E-state index in [4.69, 9.17) is 12.2 Å². The smallest absolute Gasteiger partial charge is 0.239 e. The first-order chi connectivity index (χ1) is 14.4. The summed E-state index contributed by atoms with van der Waals surface area (Å²) in [5.41, 5.74) is 7.19. The minimum absolute atomic E-state index is 0.0269. The van der Waals surface area contributed by atoms with E-state index in [0.29, 0.717) is 10.7 Å². The van der Waals surface area contributed by atoms with E-state index in [1.807, 2.05) is 0 Å². The Hall–Kier alpha value is -1.65. The molecule has 2 aliphatic rings. The molecule has 0 bridgehead atoms. The largest absolute Gasteiger partial charge is 0.311 e. The van der Waals surface area contributed by atoms with Crippen molar-refractivity contribution in [3.05, 3.63) is 70.3 Å². The molecule has 1 amide bonds. The fourth-order valence-corrected chi connectivity index (χ4v) is 6.25. The molecule has 0 radical (unpaired) electrons. The van der Waals surface area contributed by atoms with Gasteiger partial charge in [0, 0.05) is 5.41 Å². The summed E-state index contributed by atoms with van der Waals surface area (Å²) in [5.74, 6) is 0.0269. The van der Waals surface area contributed by atoms with Crippen LogP contribution in [0.4, 0.5) is 0 Å². The first-order valence-electron chi connectivity index (χ1n) is 11.2. The first-order valence-corrected chi connectivity index (χ1v) is 12.5. The molecule has 1 N–H and O–H groups in total. The standard InChI is InChI=1S/C27H33NOS2/c1-25(2)13-14-26(3,4)21-16-19(11-12-20(21)25)27(5,6)18-9-7-17(8-10-18)15-22-23(29)28-24(30)31-22/h7-12,16,22H,13-15H2,1-6H3,(H,28,29,30). The molecule has 1 fully saturated rings. The molecule has 4 heteroatoms. The molecule has 0 aromatic heterocycles. The molecule has 164 valence electrons. The second-order valence-electron chi connectivity index (χ2n) is 10.9. The van der Waals surface area contributed by atoms with Gasteiger partial charge in [-0.3, -0.25) is 4.79 Å². The van der Waals surface area contributed by atoms with E-state index < -0.39 is 0 Å². The Morgan fingerprint density at radius 1 is 0.968 bits per heavy atom. The van der Waals surface area contributed by atoms with Gasteiger partial charge in [0.2, 0.25) is 5.91 Å². The lowest BCUT2D eigenvalue weighted by atomic mass is 9.62. The fraction of sp³-hybridized carbons (Fsp3) is 0.481. The maximum absolute atomic E-state index is 12.0. The number of nitrogens with one attached hydrogen (secondary N) is 1. The van der Waals surface area contributed by atoms with E-state index in [1.54, 1.807) is 0 Å². The number of amides is 1. The predicted molar refractivity (Wildman–Crippen MR) is 136 cm³/mol. The SMILES string of the molecule is CC1(C)CCC(C)(C)c2cc(C(C)(C)c3ccc(CC4SC(=S)NC4=O)cc3)ccc21. The predicted octanol–water partition coefficient (Wildman–Crippen LogP) is 6.42. The zero-order valence-electron chi connectivity index (χ0n) is 19.5. The second kappa shape index (κ2) is 7.74. The summed E-state index contributed by atoms with van der Waals surface area (Å²) < 4.78 is 0.589. The zero-order valence-corrected chi connectivity index (χ0v) is 21.1. The molecule has 0 saturated carbocycles. The highest BCUT2D eigenvalue weighted by Gasteiger charge is 2.38. The van der Waals surface area contributed by atoms with Crippen LogP contribution in [-0.2, 0) is 27.5 Å². The van der Waals surface area contributed by atoms with Crippen molar-refractivity contribution < 1.29 is 4.79 Å². The number of rotatable bonds is 4. The van der Waals surface area contributed by atoms with E-state index in [0.717, 1.165) is 0 Å². The van der Waals surface area contributed by atoms with Gasteiger partial charge in [-0.05, 0) is 57.9 Å². The Labute approximate surface area is 196 Å². The summed E-state index contributed by atoms with van der Waals surface area (Å²) in [7, 11) is 0. The Balaban J connectivity index is 1.61. The van der Waals surface area contributed by atoms with Gasteiger partial charge in [0.05, 0.1) is 5.25 Å². The van der Waals surface area contributed by atoms with Crippen molar-refractivity contribution in [2.24, 2.45) is 0 Å². The number of fused-ring (bicyclic) bond motifs is 1. The van der Waals surface area contributed by atoms with Crippen LogP contribution in [0.1, 0.15) is 82.2 Å². The molecule has 0 spiro atoms. The van der Waals surface area contributed by atoms with Crippen LogP contribution in [-0.4, -0.2) is 15.5 Å². The van der Waals surface area contributed by atoms with Crippen molar-refractivity contribution in [1.29, 1.82) is 0 Å². The molecule has 1 heterocycles. The van der Waals surface area contributed by atoms with Gasteiger partial charge in [0.25, 0.3) is 0 Å². The third-order valence-electron chi connectivity index (χ3n) is 7.44. The summed E-state index contributed by atoms with van der Waals surface area (Å²) in [6.45, 7) is 14.1. The molecule has 2 aromatic rings. The molecule has 31 heavy (non-hydrogen) atoms. The lowest BCUT2D eigenvalue weighted by Crippen LogP contribution is -2.34. The average Bonchev–Trinajstić information content (AvgIpc) is 3.02. The number of carbonyl (C=O) groups is 1. The molecule has 4 rings (SSSR count). The van der Waals surface area contributed by atoms with E-state index >= 15 is 0 Å². The van der Waals surface area contributed by atoms with Crippen molar-refractivity contribution in [3.8, 4) is 0 Å². The highest BCUT2D eigenvalue weighted by molar-refractivity contribution is 8.24. The molecule has 2 nitrogen and oxygen atoms in total.